The molecule has 0 amide bonds. The summed E-state index contributed by atoms with van der Waals surface area (Å²) >= 11 is 3.50. The molecule has 2 aliphatic heterocycles. The highest BCUT2D eigenvalue weighted by molar-refractivity contribution is 8.12. The molecule has 2 aliphatic rings. The Balaban J connectivity index is 2.17. The fourth-order valence-corrected chi connectivity index (χ4v) is 2.81. The van der Waals surface area contributed by atoms with E-state index >= 15 is 0 Å². The first-order chi connectivity index (χ1) is 4.97. The molecule has 0 radical (unpaired) electrons. The fraction of sp³-hybridized carbons (Fsp3) is 0.429. The quantitative estimate of drug-likeness (QED) is 0.556. The van der Waals surface area contributed by atoms with Gasteiger partial charge in [0, 0.05) is 4.91 Å². The normalized spacial score (nSPS) is 24.0. The molecule has 2 heterocycles. The zero-order chi connectivity index (χ0) is 6.81. The second kappa shape index (κ2) is 2.93. The van der Waals surface area contributed by atoms with E-state index < -0.39 is 0 Å². The van der Waals surface area contributed by atoms with Gasteiger partial charge in [0.2, 0.25) is 0 Å². The van der Waals surface area contributed by atoms with Crippen LogP contribution >= 0.6 is 23.5 Å². The zero-order valence-electron chi connectivity index (χ0n) is 5.50. The van der Waals surface area contributed by atoms with Crippen molar-refractivity contribution in [2.45, 2.75) is 12.8 Å². The first kappa shape index (κ1) is 6.68. The Kier molecular flexibility index (Phi) is 1.95. The molecule has 0 fully saturated rings. The second-order valence-electron chi connectivity index (χ2n) is 2.17. The molecule has 0 unspecified atom stereocenters. The summed E-state index contributed by atoms with van der Waals surface area (Å²) in [6.45, 7) is 0.903. The number of thioether (sulfide) groups is 2. The molecule has 10 heavy (non-hydrogen) atoms. The van der Waals surface area contributed by atoms with Crippen molar-refractivity contribution in [3.63, 3.8) is 0 Å². The van der Waals surface area contributed by atoms with Crippen molar-refractivity contribution in [1.82, 2.24) is 0 Å². The minimum atomic E-state index is 0.903. The zero-order valence-corrected chi connectivity index (χ0v) is 7.13. The molecule has 0 bridgehead atoms. The minimum absolute atomic E-state index is 0.903. The summed E-state index contributed by atoms with van der Waals surface area (Å²) in [6, 6.07) is 0. The highest BCUT2D eigenvalue weighted by Gasteiger charge is 2.15. The van der Waals surface area contributed by atoms with Gasteiger partial charge >= 0.3 is 0 Å². The smallest absolute Gasteiger partial charge is 0.167 e. The van der Waals surface area contributed by atoms with Crippen LogP contribution in [0.4, 0.5) is 0 Å². The molecular weight excluding hydrogens is 164 g/mol. The molecule has 0 aliphatic carbocycles. The van der Waals surface area contributed by atoms with Crippen LogP contribution in [-0.4, -0.2) is 6.61 Å². The number of hydrogen-bond donors (Lipinski definition) is 0. The topological polar surface area (TPSA) is 9.23 Å². The van der Waals surface area contributed by atoms with Gasteiger partial charge in [-0.05, 0) is 23.7 Å². The number of ether oxygens (including phenoxy) is 1. The van der Waals surface area contributed by atoms with Crippen molar-refractivity contribution in [1.29, 1.82) is 0 Å². The molecular formula is C7H8OS2. The summed E-state index contributed by atoms with van der Waals surface area (Å²) in [7, 11) is 0. The molecule has 3 heteroatoms. The van der Waals surface area contributed by atoms with Crippen LogP contribution in [0.5, 0.6) is 0 Å². The van der Waals surface area contributed by atoms with Crippen molar-refractivity contribution >= 4 is 23.5 Å². The third kappa shape index (κ3) is 1.20. The maximum Gasteiger partial charge on any atom is 0.167 e. The fourth-order valence-electron chi connectivity index (χ4n) is 0.986. The Morgan fingerprint density at radius 3 is 3.10 bits per heavy atom. The average Bonchev–Trinajstić information content (AvgIpc) is 2.05. The van der Waals surface area contributed by atoms with Gasteiger partial charge < -0.3 is 4.74 Å². The van der Waals surface area contributed by atoms with E-state index in [2.05, 4.69) is 10.8 Å². The average molecular weight is 172 g/mol. The van der Waals surface area contributed by atoms with Crippen LogP contribution in [-0.2, 0) is 4.74 Å². The van der Waals surface area contributed by atoms with Gasteiger partial charge in [0.25, 0.3) is 0 Å². The SMILES string of the molecule is C1=CSC2=C(CCCO2)S1. The number of hydrogen-bond acceptors (Lipinski definition) is 3. The Hall–Kier alpha value is -0.0200. The largest absolute Gasteiger partial charge is 0.486 e. The third-order valence-electron chi connectivity index (χ3n) is 1.45. The molecule has 0 atom stereocenters. The van der Waals surface area contributed by atoms with E-state index in [9.17, 15) is 0 Å². The van der Waals surface area contributed by atoms with Gasteiger partial charge in [-0.2, -0.15) is 0 Å². The maximum atomic E-state index is 5.45. The summed E-state index contributed by atoms with van der Waals surface area (Å²) in [6.07, 6.45) is 2.39. The van der Waals surface area contributed by atoms with Gasteiger partial charge in [-0.1, -0.05) is 23.5 Å². The summed E-state index contributed by atoms with van der Waals surface area (Å²) in [5, 5.41) is 5.34. The van der Waals surface area contributed by atoms with Crippen LogP contribution in [0.1, 0.15) is 12.8 Å². The van der Waals surface area contributed by atoms with E-state index in [0.717, 1.165) is 11.7 Å². The van der Waals surface area contributed by atoms with Crippen molar-refractivity contribution < 1.29 is 4.74 Å². The highest BCUT2D eigenvalue weighted by Crippen LogP contribution is 2.40. The monoisotopic (exact) mass is 172 g/mol. The van der Waals surface area contributed by atoms with Crippen LogP contribution in [0.3, 0.4) is 0 Å². The minimum Gasteiger partial charge on any atom is -0.486 e. The standard InChI is InChI=1S/C7H8OS2/c1-2-6-7(8-3-1)10-5-4-9-6/h4-5H,1-3H2. The van der Waals surface area contributed by atoms with Crippen molar-refractivity contribution in [2.75, 3.05) is 6.61 Å². The lowest BCUT2D eigenvalue weighted by Gasteiger charge is -2.20. The van der Waals surface area contributed by atoms with E-state index in [1.807, 2.05) is 0 Å². The molecule has 0 aromatic carbocycles. The lowest BCUT2D eigenvalue weighted by Crippen LogP contribution is -2.02. The van der Waals surface area contributed by atoms with Gasteiger partial charge in [-0.15, -0.1) is 0 Å². The van der Waals surface area contributed by atoms with Crippen LogP contribution in [0.25, 0.3) is 0 Å². The molecule has 2 rings (SSSR count). The molecule has 0 N–H and O–H groups in total. The van der Waals surface area contributed by atoms with Crippen LogP contribution in [0.2, 0.25) is 0 Å². The molecule has 1 nitrogen and oxygen atoms in total. The van der Waals surface area contributed by atoms with E-state index in [-0.39, 0.29) is 0 Å². The third-order valence-corrected chi connectivity index (χ3v) is 3.55. The number of allylic oxidation sites excluding steroid dienone is 1. The molecule has 54 valence electrons. The van der Waals surface area contributed by atoms with Gasteiger partial charge in [0.15, 0.2) is 5.09 Å². The second-order valence-corrected chi connectivity index (χ2v) is 4.05. The summed E-state index contributed by atoms with van der Waals surface area (Å²) in [5.41, 5.74) is 0. The van der Waals surface area contributed by atoms with Gasteiger partial charge in [0.05, 0.1) is 6.61 Å². The molecule has 0 aromatic heterocycles. The summed E-state index contributed by atoms with van der Waals surface area (Å²) in [4.78, 5) is 1.42. The lowest BCUT2D eigenvalue weighted by atomic mass is 10.3. The lowest BCUT2D eigenvalue weighted by molar-refractivity contribution is 0.218. The van der Waals surface area contributed by atoms with E-state index in [1.54, 1.807) is 23.5 Å². The Labute approximate surface area is 68.9 Å². The highest BCUT2D eigenvalue weighted by atomic mass is 32.2. The van der Waals surface area contributed by atoms with Crippen LogP contribution < -0.4 is 0 Å². The Morgan fingerprint density at radius 1 is 1.30 bits per heavy atom. The number of rotatable bonds is 0. The molecule has 0 saturated carbocycles. The van der Waals surface area contributed by atoms with Gasteiger partial charge in [-0.3, -0.25) is 0 Å². The van der Waals surface area contributed by atoms with E-state index in [0.29, 0.717) is 0 Å². The van der Waals surface area contributed by atoms with Crippen LogP contribution in [0, 0.1) is 0 Å². The molecule has 0 aromatic rings. The summed E-state index contributed by atoms with van der Waals surface area (Å²) < 4.78 is 5.45. The first-order valence-electron chi connectivity index (χ1n) is 3.31. The maximum absolute atomic E-state index is 5.45. The predicted octanol–water partition coefficient (Wildman–Crippen LogP) is 2.92. The van der Waals surface area contributed by atoms with Crippen LogP contribution in [0.15, 0.2) is 20.8 Å². The van der Waals surface area contributed by atoms with Crippen molar-refractivity contribution in [2.24, 2.45) is 0 Å². The van der Waals surface area contributed by atoms with E-state index in [4.69, 9.17) is 4.74 Å². The summed E-state index contributed by atoms with van der Waals surface area (Å²) in [5.74, 6) is 0. The molecule has 0 saturated heterocycles. The predicted molar refractivity (Wildman–Crippen MR) is 46.5 cm³/mol. The van der Waals surface area contributed by atoms with Crippen molar-refractivity contribution in [3.05, 3.63) is 20.8 Å². The van der Waals surface area contributed by atoms with E-state index in [1.165, 1.54) is 17.7 Å². The molecule has 0 spiro atoms. The Bertz CT molecular complexity index is 176. The first-order valence-corrected chi connectivity index (χ1v) is 5.07. The van der Waals surface area contributed by atoms with Gasteiger partial charge in [-0.25, -0.2) is 0 Å². The van der Waals surface area contributed by atoms with Gasteiger partial charge in [0.1, 0.15) is 0 Å². The van der Waals surface area contributed by atoms with Crippen molar-refractivity contribution in [3.8, 4) is 0 Å². The Morgan fingerprint density at radius 2 is 2.20 bits per heavy atom.